The van der Waals surface area contributed by atoms with E-state index in [4.69, 9.17) is 9.47 Å². The van der Waals surface area contributed by atoms with Gasteiger partial charge in [0.05, 0.1) is 25.3 Å². The highest BCUT2D eigenvalue weighted by molar-refractivity contribution is 6.46. The molecule has 1 aliphatic rings. The number of methoxy groups -OCH3 is 1. The number of Topliss-reactive ketones (excluding diaryl/α,β-unsaturated/α-hetero) is 1. The van der Waals surface area contributed by atoms with Gasteiger partial charge in [-0.25, -0.2) is 0 Å². The van der Waals surface area contributed by atoms with Gasteiger partial charge in [0.2, 0.25) is 0 Å². The van der Waals surface area contributed by atoms with Gasteiger partial charge in [0.1, 0.15) is 17.3 Å². The number of aliphatic hydroxyl groups excluding tert-OH is 1. The number of likely N-dealkylation sites (tertiary alicyclic amines) is 1. The van der Waals surface area contributed by atoms with Gasteiger partial charge in [-0.05, 0) is 42.3 Å². The van der Waals surface area contributed by atoms with Crippen molar-refractivity contribution in [3.63, 3.8) is 0 Å². The molecule has 1 fully saturated rings. The number of hydrogen-bond acceptors (Lipinski definition) is 5. The highest BCUT2D eigenvalue weighted by Crippen LogP contribution is 2.41. The summed E-state index contributed by atoms with van der Waals surface area (Å²) in [5.41, 5.74) is 2.05. The fourth-order valence-electron chi connectivity index (χ4n) is 4.01. The first-order valence-electron chi connectivity index (χ1n) is 10.7. The molecule has 168 valence electrons. The smallest absolute Gasteiger partial charge is 0.295 e. The number of benzene rings is 3. The quantitative estimate of drug-likeness (QED) is 0.325. The van der Waals surface area contributed by atoms with Gasteiger partial charge in [-0.1, -0.05) is 54.6 Å². The van der Waals surface area contributed by atoms with Gasteiger partial charge in [0.25, 0.3) is 11.7 Å². The SMILES string of the molecule is CCOc1cccc(/C(O)=C2\C(=O)C(=O)N(Cc3ccccc3)C2c2ccc(OC)cc2)c1. The second kappa shape index (κ2) is 9.61. The summed E-state index contributed by atoms with van der Waals surface area (Å²) in [6.45, 7) is 2.57. The minimum absolute atomic E-state index is 0.0507. The van der Waals surface area contributed by atoms with Crippen molar-refractivity contribution >= 4 is 17.4 Å². The molecule has 1 N–H and O–H groups in total. The van der Waals surface area contributed by atoms with Crippen LogP contribution in [0.3, 0.4) is 0 Å². The fourth-order valence-corrected chi connectivity index (χ4v) is 4.01. The predicted octanol–water partition coefficient (Wildman–Crippen LogP) is 4.72. The second-order valence-corrected chi connectivity index (χ2v) is 7.65. The summed E-state index contributed by atoms with van der Waals surface area (Å²) in [5.74, 6) is -0.372. The van der Waals surface area contributed by atoms with Crippen LogP contribution in [0.25, 0.3) is 5.76 Å². The standard InChI is InChI=1S/C27H25NO5/c1-3-33-22-11-7-10-20(16-22)25(29)23-24(19-12-14-21(32-2)15-13-19)28(27(31)26(23)30)17-18-8-5-4-6-9-18/h4-16,24,29H,3,17H2,1-2H3/b25-23+. The summed E-state index contributed by atoms with van der Waals surface area (Å²) in [6, 6.07) is 22.7. The Labute approximate surface area is 192 Å². The lowest BCUT2D eigenvalue weighted by Gasteiger charge is -2.25. The summed E-state index contributed by atoms with van der Waals surface area (Å²) in [5, 5.41) is 11.2. The van der Waals surface area contributed by atoms with Crippen LogP contribution in [0.1, 0.15) is 29.7 Å². The molecule has 1 amide bonds. The zero-order valence-corrected chi connectivity index (χ0v) is 18.5. The molecule has 1 unspecified atom stereocenters. The number of aliphatic hydroxyl groups is 1. The predicted molar refractivity (Wildman–Crippen MR) is 125 cm³/mol. The molecule has 3 aromatic rings. The van der Waals surface area contributed by atoms with E-state index in [-0.39, 0.29) is 17.9 Å². The normalized spacial score (nSPS) is 17.3. The molecule has 1 atom stereocenters. The average molecular weight is 443 g/mol. The Morgan fingerprint density at radius 3 is 2.33 bits per heavy atom. The van der Waals surface area contributed by atoms with Crippen molar-refractivity contribution in [3.8, 4) is 11.5 Å². The molecule has 1 aliphatic heterocycles. The first-order valence-corrected chi connectivity index (χ1v) is 10.7. The molecule has 3 aromatic carbocycles. The molecule has 1 saturated heterocycles. The Bertz CT molecular complexity index is 1180. The Morgan fingerprint density at radius 1 is 0.939 bits per heavy atom. The van der Waals surface area contributed by atoms with Gasteiger partial charge < -0.3 is 19.5 Å². The highest BCUT2D eigenvalue weighted by Gasteiger charge is 2.46. The third-order valence-electron chi connectivity index (χ3n) is 5.59. The number of amides is 1. The molecule has 0 aromatic heterocycles. The van der Waals surface area contributed by atoms with Crippen molar-refractivity contribution in [3.05, 3.63) is 101 Å². The molecule has 0 spiro atoms. The molecule has 1 heterocycles. The minimum atomic E-state index is -0.744. The van der Waals surface area contributed by atoms with Gasteiger partial charge in [0.15, 0.2) is 0 Å². The van der Waals surface area contributed by atoms with Crippen LogP contribution >= 0.6 is 0 Å². The largest absolute Gasteiger partial charge is 0.507 e. The molecular weight excluding hydrogens is 418 g/mol. The number of hydrogen-bond donors (Lipinski definition) is 1. The summed E-state index contributed by atoms with van der Waals surface area (Å²) >= 11 is 0. The lowest BCUT2D eigenvalue weighted by molar-refractivity contribution is -0.140. The second-order valence-electron chi connectivity index (χ2n) is 7.65. The lowest BCUT2D eigenvalue weighted by atomic mass is 9.95. The van der Waals surface area contributed by atoms with Crippen LogP contribution < -0.4 is 9.47 Å². The van der Waals surface area contributed by atoms with E-state index < -0.39 is 17.7 Å². The fraction of sp³-hybridized carbons (Fsp3) is 0.185. The zero-order valence-electron chi connectivity index (χ0n) is 18.5. The molecule has 6 heteroatoms. The van der Waals surface area contributed by atoms with Crippen LogP contribution in [0, 0.1) is 0 Å². The number of carbonyl (C=O) groups excluding carboxylic acids is 2. The monoisotopic (exact) mass is 443 g/mol. The first kappa shape index (κ1) is 22.1. The molecular formula is C27H25NO5. The van der Waals surface area contributed by atoms with Crippen LogP contribution in [-0.4, -0.2) is 35.4 Å². The van der Waals surface area contributed by atoms with Gasteiger partial charge in [0, 0.05) is 12.1 Å². The summed E-state index contributed by atoms with van der Waals surface area (Å²) in [7, 11) is 1.57. The Kier molecular flexibility index (Phi) is 6.45. The van der Waals surface area contributed by atoms with Crippen molar-refractivity contribution in [2.24, 2.45) is 0 Å². The minimum Gasteiger partial charge on any atom is -0.507 e. The van der Waals surface area contributed by atoms with E-state index in [1.807, 2.05) is 37.3 Å². The summed E-state index contributed by atoms with van der Waals surface area (Å²) < 4.78 is 10.8. The molecule has 6 nitrogen and oxygen atoms in total. The maximum atomic E-state index is 13.2. The van der Waals surface area contributed by atoms with Crippen molar-refractivity contribution in [2.45, 2.75) is 19.5 Å². The number of ether oxygens (including phenoxy) is 2. The Morgan fingerprint density at radius 2 is 1.67 bits per heavy atom. The topological polar surface area (TPSA) is 76.1 Å². The van der Waals surface area contributed by atoms with E-state index in [1.165, 1.54) is 4.90 Å². The maximum absolute atomic E-state index is 13.2. The number of rotatable bonds is 7. The Balaban J connectivity index is 1.84. The number of carbonyl (C=O) groups is 2. The number of ketones is 1. The van der Waals surface area contributed by atoms with Crippen LogP contribution in [0.15, 0.2) is 84.4 Å². The highest BCUT2D eigenvalue weighted by atomic mass is 16.5. The van der Waals surface area contributed by atoms with E-state index in [9.17, 15) is 14.7 Å². The van der Waals surface area contributed by atoms with Crippen molar-refractivity contribution in [1.82, 2.24) is 4.90 Å². The number of nitrogens with zero attached hydrogens (tertiary/aromatic N) is 1. The van der Waals surface area contributed by atoms with Gasteiger partial charge in [-0.2, -0.15) is 0 Å². The van der Waals surface area contributed by atoms with Crippen LogP contribution in [0.4, 0.5) is 0 Å². The van der Waals surface area contributed by atoms with Gasteiger partial charge in [-0.15, -0.1) is 0 Å². The van der Waals surface area contributed by atoms with E-state index in [1.54, 1.807) is 55.6 Å². The van der Waals surface area contributed by atoms with Crippen molar-refractivity contribution in [2.75, 3.05) is 13.7 Å². The van der Waals surface area contributed by atoms with E-state index >= 15 is 0 Å². The van der Waals surface area contributed by atoms with Crippen LogP contribution in [0.5, 0.6) is 11.5 Å². The van der Waals surface area contributed by atoms with E-state index in [0.29, 0.717) is 29.2 Å². The van der Waals surface area contributed by atoms with Gasteiger partial charge in [-0.3, -0.25) is 9.59 Å². The summed E-state index contributed by atoms with van der Waals surface area (Å²) in [4.78, 5) is 27.8. The van der Waals surface area contributed by atoms with Crippen LogP contribution in [-0.2, 0) is 16.1 Å². The molecule has 0 bridgehead atoms. The van der Waals surface area contributed by atoms with E-state index in [2.05, 4.69) is 0 Å². The van der Waals surface area contributed by atoms with E-state index in [0.717, 1.165) is 5.56 Å². The third kappa shape index (κ3) is 4.46. The third-order valence-corrected chi connectivity index (χ3v) is 5.59. The molecule has 0 radical (unpaired) electrons. The molecule has 4 rings (SSSR count). The van der Waals surface area contributed by atoms with Crippen molar-refractivity contribution in [1.29, 1.82) is 0 Å². The molecule has 0 saturated carbocycles. The maximum Gasteiger partial charge on any atom is 0.295 e. The molecule has 0 aliphatic carbocycles. The first-order chi connectivity index (χ1) is 16.0. The summed E-state index contributed by atoms with van der Waals surface area (Å²) in [6.07, 6.45) is 0. The molecule has 33 heavy (non-hydrogen) atoms. The van der Waals surface area contributed by atoms with Crippen LogP contribution in [0.2, 0.25) is 0 Å². The zero-order chi connectivity index (χ0) is 23.4. The van der Waals surface area contributed by atoms with Crippen molar-refractivity contribution < 1.29 is 24.2 Å². The van der Waals surface area contributed by atoms with Gasteiger partial charge >= 0.3 is 0 Å². The average Bonchev–Trinajstić information content (AvgIpc) is 3.09. The Hall–Kier alpha value is -4.06. The lowest BCUT2D eigenvalue weighted by Crippen LogP contribution is -2.29.